The number of ether oxygens (including phenoxy) is 1. The molecule has 1 fully saturated rings. The highest BCUT2D eigenvalue weighted by Crippen LogP contribution is 2.33. The number of rotatable bonds is 2. The number of halogens is 3. The molecule has 1 saturated heterocycles. The molecule has 1 aliphatic heterocycles. The molecule has 1 aromatic heterocycles. The lowest BCUT2D eigenvalue weighted by molar-refractivity contribution is -0.140. The minimum atomic E-state index is -4.62. The summed E-state index contributed by atoms with van der Waals surface area (Å²) in [6.07, 6.45) is -2.28. The van der Waals surface area contributed by atoms with Crippen molar-refractivity contribution < 1.29 is 22.7 Å². The number of anilines is 1. The monoisotopic (exact) mass is 306 g/mol. The predicted octanol–water partition coefficient (Wildman–Crippen LogP) is 2.13. The molecule has 2 rings (SSSR count). The highest BCUT2D eigenvalue weighted by molar-refractivity contribution is 5.90. The highest BCUT2D eigenvalue weighted by atomic mass is 19.4. The van der Waals surface area contributed by atoms with E-state index in [2.05, 4.69) is 15.7 Å². The van der Waals surface area contributed by atoms with Gasteiger partial charge in [-0.05, 0) is 19.8 Å². The number of nitrogens with zero attached hydrogens (tertiary/aromatic N) is 2. The summed E-state index contributed by atoms with van der Waals surface area (Å²) in [7, 11) is 1.36. The molecule has 0 unspecified atom stereocenters. The molecular formula is C12H17F3N4O2. The SMILES string of the molecule is Cn1cc(NC(=O)NC2(C)CCOCC2)c(C(F)(F)F)n1. The molecule has 0 atom stereocenters. The number of amides is 2. The molecule has 2 heterocycles. The van der Waals surface area contributed by atoms with Gasteiger partial charge in [0.25, 0.3) is 0 Å². The van der Waals surface area contributed by atoms with Crippen LogP contribution in [0.5, 0.6) is 0 Å². The minimum absolute atomic E-state index is 0.363. The second-order valence-corrected chi connectivity index (χ2v) is 5.31. The molecule has 1 aromatic rings. The molecule has 0 radical (unpaired) electrons. The fourth-order valence-corrected chi connectivity index (χ4v) is 2.16. The average molecular weight is 306 g/mol. The van der Waals surface area contributed by atoms with Gasteiger partial charge in [0, 0.05) is 32.0 Å². The van der Waals surface area contributed by atoms with E-state index >= 15 is 0 Å². The van der Waals surface area contributed by atoms with Gasteiger partial charge in [-0.15, -0.1) is 0 Å². The van der Waals surface area contributed by atoms with Gasteiger partial charge < -0.3 is 15.4 Å². The van der Waals surface area contributed by atoms with Gasteiger partial charge in [-0.25, -0.2) is 4.79 Å². The van der Waals surface area contributed by atoms with Crippen molar-refractivity contribution in [1.29, 1.82) is 0 Å². The van der Waals surface area contributed by atoms with Gasteiger partial charge in [-0.3, -0.25) is 4.68 Å². The van der Waals surface area contributed by atoms with Crippen LogP contribution in [0.15, 0.2) is 6.20 Å². The van der Waals surface area contributed by atoms with Gasteiger partial charge >= 0.3 is 12.2 Å². The Morgan fingerprint density at radius 3 is 2.62 bits per heavy atom. The predicted molar refractivity (Wildman–Crippen MR) is 68.8 cm³/mol. The summed E-state index contributed by atoms with van der Waals surface area (Å²) >= 11 is 0. The molecule has 0 bridgehead atoms. The topological polar surface area (TPSA) is 68.2 Å². The Bertz CT molecular complexity index is 521. The van der Waals surface area contributed by atoms with Crippen molar-refractivity contribution in [3.05, 3.63) is 11.9 Å². The molecule has 0 saturated carbocycles. The summed E-state index contributed by atoms with van der Waals surface area (Å²) in [6, 6.07) is -0.682. The molecule has 2 N–H and O–H groups in total. The van der Waals surface area contributed by atoms with Crippen LogP contribution < -0.4 is 10.6 Å². The lowest BCUT2D eigenvalue weighted by atomic mass is 9.93. The Morgan fingerprint density at radius 1 is 1.43 bits per heavy atom. The molecule has 2 amide bonds. The maximum Gasteiger partial charge on any atom is 0.437 e. The van der Waals surface area contributed by atoms with Crippen molar-refractivity contribution >= 4 is 11.7 Å². The summed E-state index contributed by atoms with van der Waals surface area (Å²) in [5.74, 6) is 0. The van der Waals surface area contributed by atoms with E-state index in [0.29, 0.717) is 26.1 Å². The lowest BCUT2D eigenvalue weighted by Crippen LogP contribution is -2.51. The standard InChI is InChI=1S/C12H17F3N4O2/c1-11(3-5-21-6-4-11)17-10(20)16-8-7-19(2)18-9(8)12(13,14)15/h7H,3-6H2,1-2H3,(H2,16,17,20). The van der Waals surface area contributed by atoms with Crippen LogP contribution in [0.25, 0.3) is 0 Å². The maximum atomic E-state index is 12.8. The first-order valence-electron chi connectivity index (χ1n) is 6.47. The van der Waals surface area contributed by atoms with E-state index < -0.39 is 23.4 Å². The second-order valence-electron chi connectivity index (χ2n) is 5.31. The number of urea groups is 1. The minimum Gasteiger partial charge on any atom is -0.381 e. The zero-order valence-corrected chi connectivity index (χ0v) is 11.8. The van der Waals surface area contributed by atoms with Crippen molar-refractivity contribution in [2.75, 3.05) is 18.5 Å². The van der Waals surface area contributed by atoms with Crippen LogP contribution in [0.4, 0.5) is 23.7 Å². The number of alkyl halides is 3. The summed E-state index contributed by atoms with van der Waals surface area (Å²) in [6.45, 7) is 2.86. The molecule has 1 aliphatic rings. The van der Waals surface area contributed by atoms with Crippen molar-refractivity contribution in [2.24, 2.45) is 7.05 Å². The van der Waals surface area contributed by atoms with Crippen LogP contribution in [-0.4, -0.2) is 34.6 Å². The number of nitrogens with one attached hydrogen (secondary N) is 2. The smallest absolute Gasteiger partial charge is 0.381 e. The summed E-state index contributed by atoms with van der Waals surface area (Å²) in [5.41, 5.74) is -1.96. The second kappa shape index (κ2) is 5.55. The zero-order valence-electron chi connectivity index (χ0n) is 11.8. The van der Waals surface area contributed by atoms with Crippen LogP contribution in [0.1, 0.15) is 25.5 Å². The van der Waals surface area contributed by atoms with Crippen molar-refractivity contribution in [2.45, 2.75) is 31.5 Å². The van der Waals surface area contributed by atoms with E-state index in [1.807, 2.05) is 6.92 Å². The number of carbonyl (C=O) groups excluding carboxylic acids is 1. The molecule has 21 heavy (non-hydrogen) atoms. The van der Waals surface area contributed by atoms with E-state index in [4.69, 9.17) is 4.74 Å². The van der Waals surface area contributed by atoms with Gasteiger partial charge in [0.15, 0.2) is 5.69 Å². The third-order valence-electron chi connectivity index (χ3n) is 3.36. The Morgan fingerprint density at radius 2 is 2.05 bits per heavy atom. The van der Waals surface area contributed by atoms with Crippen LogP contribution in [-0.2, 0) is 18.0 Å². The fraction of sp³-hybridized carbons (Fsp3) is 0.667. The Labute approximate surface area is 119 Å². The van der Waals surface area contributed by atoms with Gasteiger partial charge in [0.05, 0.1) is 5.69 Å². The zero-order chi connectivity index (χ0) is 15.7. The maximum absolute atomic E-state index is 12.8. The normalized spacial score (nSPS) is 18.3. The largest absolute Gasteiger partial charge is 0.437 e. The van der Waals surface area contributed by atoms with E-state index in [-0.39, 0.29) is 5.69 Å². The molecule has 6 nitrogen and oxygen atoms in total. The molecular weight excluding hydrogens is 289 g/mol. The highest BCUT2D eigenvalue weighted by Gasteiger charge is 2.38. The number of carbonyl (C=O) groups is 1. The van der Waals surface area contributed by atoms with Gasteiger partial charge in [0.1, 0.15) is 0 Å². The number of hydrogen-bond donors (Lipinski definition) is 2. The average Bonchev–Trinajstić information content (AvgIpc) is 2.70. The first-order chi connectivity index (χ1) is 9.70. The summed E-state index contributed by atoms with van der Waals surface area (Å²) in [5, 5.41) is 8.24. The van der Waals surface area contributed by atoms with Crippen molar-refractivity contribution in [1.82, 2.24) is 15.1 Å². The molecule has 118 valence electrons. The number of hydrogen-bond acceptors (Lipinski definition) is 3. The Balaban J connectivity index is 2.06. The van der Waals surface area contributed by atoms with Crippen molar-refractivity contribution in [3.63, 3.8) is 0 Å². The summed E-state index contributed by atoms with van der Waals surface area (Å²) < 4.78 is 44.6. The van der Waals surface area contributed by atoms with Gasteiger partial charge in [-0.2, -0.15) is 18.3 Å². The van der Waals surface area contributed by atoms with Crippen LogP contribution >= 0.6 is 0 Å². The van der Waals surface area contributed by atoms with E-state index in [1.165, 1.54) is 7.05 Å². The van der Waals surface area contributed by atoms with Crippen molar-refractivity contribution in [3.8, 4) is 0 Å². The molecule has 0 spiro atoms. The quantitative estimate of drug-likeness (QED) is 0.879. The van der Waals surface area contributed by atoms with Gasteiger partial charge in [0.2, 0.25) is 0 Å². The van der Waals surface area contributed by atoms with Crippen LogP contribution in [0, 0.1) is 0 Å². The van der Waals surface area contributed by atoms with E-state index in [0.717, 1.165) is 10.9 Å². The summed E-state index contributed by atoms with van der Waals surface area (Å²) in [4.78, 5) is 11.9. The van der Waals surface area contributed by atoms with Crippen LogP contribution in [0.3, 0.4) is 0 Å². The first-order valence-corrected chi connectivity index (χ1v) is 6.47. The number of aromatic nitrogens is 2. The molecule has 9 heteroatoms. The third-order valence-corrected chi connectivity index (χ3v) is 3.36. The Hall–Kier alpha value is -1.77. The fourth-order valence-electron chi connectivity index (χ4n) is 2.16. The van der Waals surface area contributed by atoms with Crippen LogP contribution in [0.2, 0.25) is 0 Å². The Kier molecular flexibility index (Phi) is 4.13. The molecule has 0 aromatic carbocycles. The number of aryl methyl sites for hydroxylation is 1. The third kappa shape index (κ3) is 3.87. The first kappa shape index (κ1) is 15.6. The molecule has 0 aliphatic carbocycles. The lowest BCUT2D eigenvalue weighted by Gasteiger charge is -2.34. The van der Waals surface area contributed by atoms with E-state index in [9.17, 15) is 18.0 Å². The van der Waals surface area contributed by atoms with Gasteiger partial charge in [-0.1, -0.05) is 0 Å². The van der Waals surface area contributed by atoms with E-state index in [1.54, 1.807) is 0 Å².